The van der Waals surface area contributed by atoms with Gasteiger partial charge in [-0.1, -0.05) is 0 Å². The molecule has 0 spiro atoms. The van der Waals surface area contributed by atoms with Gasteiger partial charge in [-0.25, -0.2) is 0 Å². The molecule has 0 aromatic carbocycles. The molecule has 0 aliphatic carbocycles. The molecule has 0 N–H and O–H groups in total. The minimum absolute atomic E-state index is 0.0383. The molecule has 0 saturated heterocycles. The molecule has 0 aliphatic rings. The van der Waals surface area contributed by atoms with E-state index in [1.54, 1.807) is 6.92 Å². The molecular weight excluding hydrogens is 244 g/mol. The van der Waals surface area contributed by atoms with Crippen molar-refractivity contribution in [2.45, 2.75) is 19.8 Å². The Balaban J connectivity index is 4.65. The van der Waals surface area contributed by atoms with E-state index in [9.17, 15) is 19.2 Å². The average Bonchev–Trinajstić information content (AvgIpc) is 2.36. The first-order valence-electron chi connectivity index (χ1n) is 5.31. The quantitative estimate of drug-likeness (QED) is 0.357. The lowest BCUT2D eigenvalue weighted by Crippen LogP contribution is -2.34. The van der Waals surface area contributed by atoms with E-state index < -0.39 is 29.6 Å². The second-order valence-electron chi connectivity index (χ2n) is 3.25. The highest BCUT2D eigenvalue weighted by molar-refractivity contribution is 6.15. The molecule has 0 fully saturated rings. The van der Waals surface area contributed by atoms with E-state index in [2.05, 4.69) is 14.2 Å². The number of ether oxygens (including phenoxy) is 3. The summed E-state index contributed by atoms with van der Waals surface area (Å²) in [5.41, 5.74) is 0. The number of methoxy groups -OCH3 is 2. The first kappa shape index (κ1) is 16.1. The molecule has 0 aromatic rings. The van der Waals surface area contributed by atoms with E-state index in [1.807, 2.05) is 0 Å². The molecule has 1 atom stereocenters. The highest BCUT2D eigenvalue weighted by Gasteiger charge is 2.36. The summed E-state index contributed by atoms with van der Waals surface area (Å²) < 4.78 is 13.3. The zero-order valence-corrected chi connectivity index (χ0v) is 10.6. The second-order valence-corrected chi connectivity index (χ2v) is 3.25. The molecule has 0 unspecified atom stereocenters. The maximum absolute atomic E-state index is 11.7. The Bertz CT molecular complexity index is 334. The zero-order valence-electron chi connectivity index (χ0n) is 10.6. The van der Waals surface area contributed by atoms with E-state index in [4.69, 9.17) is 0 Å². The zero-order chi connectivity index (χ0) is 14.1. The maximum atomic E-state index is 11.7. The van der Waals surface area contributed by atoms with Crippen molar-refractivity contribution in [3.8, 4) is 0 Å². The third kappa shape index (κ3) is 4.94. The van der Waals surface area contributed by atoms with Crippen LogP contribution >= 0.6 is 0 Å². The standard InChI is InChI=1S/C11H16O7/c1-4-18-11(15)9(10(14)17-3)7(12)5-6-8(13)16-2/h9H,4-6H2,1-3H3/t9-/m1/s1. The van der Waals surface area contributed by atoms with Crippen molar-refractivity contribution in [3.63, 3.8) is 0 Å². The molecule has 0 bridgehead atoms. The molecule has 7 nitrogen and oxygen atoms in total. The average molecular weight is 260 g/mol. The van der Waals surface area contributed by atoms with Gasteiger partial charge in [-0.3, -0.25) is 19.2 Å². The first-order valence-corrected chi connectivity index (χ1v) is 5.31. The highest BCUT2D eigenvalue weighted by Crippen LogP contribution is 2.09. The van der Waals surface area contributed by atoms with Crippen LogP contribution < -0.4 is 0 Å². The Morgan fingerprint density at radius 2 is 1.56 bits per heavy atom. The Labute approximate surface area is 104 Å². The van der Waals surface area contributed by atoms with Crippen molar-refractivity contribution in [2.24, 2.45) is 5.92 Å². The van der Waals surface area contributed by atoms with Gasteiger partial charge < -0.3 is 14.2 Å². The molecule has 102 valence electrons. The molecule has 7 heteroatoms. The topological polar surface area (TPSA) is 96.0 Å². The number of carbonyl (C=O) groups is 4. The largest absolute Gasteiger partial charge is 0.469 e. The van der Waals surface area contributed by atoms with E-state index in [0.717, 1.165) is 7.11 Å². The van der Waals surface area contributed by atoms with E-state index >= 15 is 0 Å². The second kappa shape index (κ2) is 8.21. The normalized spacial score (nSPS) is 11.3. The van der Waals surface area contributed by atoms with Crippen LogP contribution in [0.2, 0.25) is 0 Å². The highest BCUT2D eigenvalue weighted by atomic mass is 16.5. The van der Waals surface area contributed by atoms with Crippen molar-refractivity contribution in [3.05, 3.63) is 0 Å². The summed E-state index contributed by atoms with van der Waals surface area (Å²) in [7, 11) is 2.23. The van der Waals surface area contributed by atoms with Gasteiger partial charge in [-0.2, -0.15) is 0 Å². The molecule has 0 saturated carbocycles. The summed E-state index contributed by atoms with van der Waals surface area (Å²) in [4.78, 5) is 45.3. The number of esters is 3. The fraction of sp³-hybridized carbons (Fsp3) is 0.636. The van der Waals surface area contributed by atoms with E-state index in [0.29, 0.717) is 0 Å². The van der Waals surface area contributed by atoms with Crippen LogP contribution in [-0.4, -0.2) is 44.5 Å². The molecular formula is C11H16O7. The van der Waals surface area contributed by atoms with Crippen LogP contribution in [0.25, 0.3) is 0 Å². The maximum Gasteiger partial charge on any atom is 0.328 e. The molecule has 18 heavy (non-hydrogen) atoms. The van der Waals surface area contributed by atoms with Crippen LogP contribution in [-0.2, 0) is 33.4 Å². The monoisotopic (exact) mass is 260 g/mol. The van der Waals surface area contributed by atoms with Crippen LogP contribution in [0.15, 0.2) is 0 Å². The Morgan fingerprint density at radius 3 is 2.00 bits per heavy atom. The van der Waals surface area contributed by atoms with Crippen molar-refractivity contribution in [2.75, 3.05) is 20.8 Å². The minimum Gasteiger partial charge on any atom is -0.469 e. The Kier molecular flexibility index (Phi) is 7.34. The number of hydrogen-bond acceptors (Lipinski definition) is 7. The smallest absolute Gasteiger partial charge is 0.328 e. The fourth-order valence-electron chi connectivity index (χ4n) is 1.17. The number of ketones is 1. The molecule has 0 radical (unpaired) electrons. The SMILES string of the molecule is CCOC(=O)[C@H](C(=O)CCC(=O)OC)C(=O)OC. The summed E-state index contributed by atoms with van der Waals surface area (Å²) in [5.74, 6) is -4.94. The van der Waals surface area contributed by atoms with Crippen LogP contribution in [0.4, 0.5) is 0 Å². The Hall–Kier alpha value is -1.92. The first-order chi connectivity index (χ1) is 8.47. The number of hydrogen-bond donors (Lipinski definition) is 0. The van der Waals surface area contributed by atoms with E-state index in [1.165, 1.54) is 7.11 Å². The molecule has 0 amide bonds. The molecule has 0 aliphatic heterocycles. The Morgan fingerprint density at radius 1 is 0.944 bits per heavy atom. The third-order valence-corrected chi connectivity index (χ3v) is 2.08. The lowest BCUT2D eigenvalue weighted by Gasteiger charge is -2.11. The summed E-state index contributed by atoms with van der Waals surface area (Å²) in [6, 6.07) is 0. The van der Waals surface area contributed by atoms with Gasteiger partial charge in [-0.05, 0) is 6.92 Å². The lowest BCUT2D eigenvalue weighted by molar-refractivity contribution is -0.163. The van der Waals surface area contributed by atoms with Gasteiger partial charge in [0.25, 0.3) is 0 Å². The summed E-state index contributed by atoms with van der Waals surface area (Å²) >= 11 is 0. The van der Waals surface area contributed by atoms with Crippen molar-refractivity contribution in [1.29, 1.82) is 0 Å². The summed E-state index contributed by atoms with van der Waals surface area (Å²) in [6.45, 7) is 1.59. The van der Waals surface area contributed by atoms with Crippen LogP contribution in [0.1, 0.15) is 19.8 Å². The lowest BCUT2D eigenvalue weighted by atomic mass is 10.0. The van der Waals surface area contributed by atoms with Crippen molar-refractivity contribution < 1.29 is 33.4 Å². The fourth-order valence-corrected chi connectivity index (χ4v) is 1.17. The van der Waals surface area contributed by atoms with Gasteiger partial charge in [0, 0.05) is 6.42 Å². The molecule has 0 heterocycles. The number of Topliss-reactive ketones (excluding diaryl/α,β-unsaturated/α-hetero) is 1. The van der Waals surface area contributed by atoms with Crippen LogP contribution in [0, 0.1) is 5.92 Å². The predicted molar refractivity (Wildman–Crippen MR) is 58.4 cm³/mol. The molecule has 0 rings (SSSR count). The van der Waals surface area contributed by atoms with Gasteiger partial charge >= 0.3 is 17.9 Å². The third-order valence-electron chi connectivity index (χ3n) is 2.08. The van der Waals surface area contributed by atoms with Crippen molar-refractivity contribution in [1.82, 2.24) is 0 Å². The predicted octanol–water partition coefficient (Wildman–Crippen LogP) is -0.139. The van der Waals surface area contributed by atoms with Gasteiger partial charge in [0.05, 0.1) is 27.2 Å². The van der Waals surface area contributed by atoms with Crippen LogP contribution in [0.3, 0.4) is 0 Å². The number of carbonyl (C=O) groups excluding carboxylic acids is 4. The van der Waals surface area contributed by atoms with Gasteiger partial charge in [0.15, 0.2) is 5.78 Å². The van der Waals surface area contributed by atoms with Crippen LogP contribution in [0.5, 0.6) is 0 Å². The van der Waals surface area contributed by atoms with Gasteiger partial charge in [0.2, 0.25) is 5.92 Å². The van der Waals surface area contributed by atoms with Gasteiger partial charge in [0.1, 0.15) is 0 Å². The van der Waals surface area contributed by atoms with Crippen molar-refractivity contribution >= 4 is 23.7 Å². The summed E-state index contributed by atoms with van der Waals surface area (Å²) in [6.07, 6.45) is -0.493. The van der Waals surface area contributed by atoms with Gasteiger partial charge in [-0.15, -0.1) is 0 Å². The van der Waals surface area contributed by atoms with E-state index in [-0.39, 0.29) is 19.4 Å². The molecule has 0 aromatic heterocycles. The minimum atomic E-state index is -1.64. The summed E-state index contributed by atoms with van der Waals surface area (Å²) in [5, 5.41) is 0. The number of rotatable bonds is 7.